The number of amides is 2. The normalized spacial score (nSPS) is 15.7. The summed E-state index contributed by atoms with van der Waals surface area (Å²) in [5.74, 6) is -2.20. The van der Waals surface area contributed by atoms with Gasteiger partial charge < -0.3 is 20.3 Å². The number of nitrogens with zero attached hydrogens (tertiary/aromatic N) is 1. The molecule has 2 N–H and O–H groups in total. The zero-order valence-electron chi connectivity index (χ0n) is 14.0. The lowest BCUT2D eigenvalue weighted by molar-refractivity contribution is -0.127. The van der Waals surface area contributed by atoms with Crippen LogP contribution < -0.4 is 20.3 Å². The minimum Gasteiger partial charge on any atom is -0.477 e. The van der Waals surface area contributed by atoms with Gasteiger partial charge in [0.25, 0.3) is 5.91 Å². The fraction of sp³-hybridized carbons (Fsp3) is 0.222. The maximum absolute atomic E-state index is 13.7. The summed E-state index contributed by atoms with van der Waals surface area (Å²) in [4.78, 5) is 25.9. The number of anilines is 2. The summed E-state index contributed by atoms with van der Waals surface area (Å²) in [6, 6.07) is 10.3. The highest BCUT2D eigenvalue weighted by atomic mass is 19.1. The lowest BCUT2D eigenvalue weighted by atomic mass is 10.1. The molecule has 0 spiro atoms. The van der Waals surface area contributed by atoms with Gasteiger partial charge in [-0.05, 0) is 24.3 Å². The van der Waals surface area contributed by atoms with E-state index in [1.54, 1.807) is 29.2 Å². The molecule has 1 aliphatic heterocycles. The van der Waals surface area contributed by atoms with Crippen molar-refractivity contribution < 1.29 is 23.1 Å². The van der Waals surface area contributed by atoms with Gasteiger partial charge in [-0.1, -0.05) is 18.2 Å². The molecule has 1 atom stereocenters. The van der Waals surface area contributed by atoms with Gasteiger partial charge >= 0.3 is 0 Å². The van der Waals surface area contributed by atoms with Crippen LogP contribution in [0.5, 0.6) is 5.75 Å². The van der Waals surface area contributed by atoms with Crippen LogP contribution in [0, 0.1) is 11.6 Å². The van der Waals surface area contributed by atoms with Crippen molar-refractivity contribution in [2.45, 2.75) is 6.10 Å². The van der Waals surface area contributed by atoms with Gasteiger partial charge in [-0.2, -0.15) is 0 Å². The van der Waals surface area contributed by atoms with Gasteiger partial charge in [0.2, 0.25) is 5.91 Å². The van der Waals surface area contributed by atoms with Crippen LogP contribution in [0.25, 0.3) is 0 Å². The Bertz CT molecular complexity index is 824. The number of rotatable bonds is 4. The number of carbonyl (C=O) groups excluding carboxylic acids is 2. The molecule has 0 radical (unpaired) electrons. The van der Waals surface area contributed by atoms with Crippen LogP contribution in [-0.4, -0.2) is 38.1 Å². The Labute approximate surface area is 148 Å². The van der Waals surface area contributed by atoms with Gasteiger partial charge in [-0.25, -0.2) is 8.78 Å². The number of hydrogen-bond donors (Lipinski definition) is 2. The summed E-state index contributed by atoms with van der Waals surface area (Å²) < 4.78 is 33.0. The van der Waals surface area contributed by atoms with Crippen molar-refractivity contribution in [2.24, 2.45) is 0 Å². The van der Waals surface area contributed by atoms with Crippen molar-refractivity contribution in [1.82, 2.24) is 5.32 Å². The second-order valence-corrected chi connectivity index (χ2v) is 5.71. The third-order valence-corrected chi connectivity index (χ3v) is 3.96. The molecule has 3 rings (SSSR count). The molecule has 0 aromatic heterocycles. The summed E-state index contributed by atoms with van der Waals surface area (Å²) in [6.07, 6.45) is -0.798. The van der Waals surface area contributed by atoms with Crippen LogP contribution in [0.4, 0.5) is 20.2 Å². The van der Waals surface area contributed by atoms with E-state index in [0.717, 1.165) is 12.1 Å². The van der Waals surface area contributed by atoms with Crippen LogP contribution in [0.3, 0.4) is 0 Å². The zero-order chi connectivity index (χ0) is 18.7. The number of nitrogens with one attached hydrogen (secondary N) is 2. The van der Waals surface area contributed by atoms with Crippen molar-refractivity contribution in [3.8, 4) is 5.75 Å². The molecule has 2 aromatic rings. The summed E-state index contributed by atoms with van der Waals surface area (Å²) in [5.41, 5.74) is 0.124. The largest absolute Gasteiger partial charge is 0.477 e. The molecule has 26 heavy (non-hydrogen) atoms. The number of ether oxygens (including phenoxy) is 1. The number of benzene rings is 2. The Hall–Kier alpha value is -3.16. The number of para-hydroxylation sites is 3. The Morgan fingerprint density at radius 3 is 2.54 bits per heavy atom. The highest BCUT2D eigenvalue weighted by Crippen LogP contribution is 2.33. The molecule has 6 nitrogen and oxygen atoms in total. The van der Waals surface area contributed by atoms with E-state index in [9.17, 15) is 18.4 Å². The number of carbonyl (C=O) groups is 2. The average Bonchev–Trinajstić information content (AvgIpc) is 2.64. The number of fused-ring (bicyclic) bond motifs is 1. The lowest BCUT2D eigenvalue weighted by Crippen LogP contribution is -2.50. The van der Waals surface area contributed by atoms with E-state index in [0.29, 0.717) is 11.4 Å². The molecule has 1 heterocycles. The third-order valence-electron chi connectivity index (χ3n) is 3.96. The first-order valence-electron chi connectivity index (χ1n) is 7.95. The topological polar surface area (TPSA) is 70.7 Å². The Kier molecular flexibility index (Phi) is 5.01. The van der Waals surface area contributed by atoms with Gasteiger partial charge in [0.05, 0.1) is 18.8 Å². The molecule has 1 aliphatic rings. The standard InChI is InChI=1S/C18H17F2N3O3/c1-21-18(25)15-9-23(13-7-2-3-8-14(13)26-15)10-16(24)22-17-11(19)5-4-6-12(17)20/h2-8,15H,9-10H2,1H3,(H,21,25)(H,22,24). The zero-order valence-corrected chi connectivity index (χ0v) is 14.0. The first-order chi connectivity index (χ1) is 12.5. The Balaban J connectivity index is 1.79. The smallest absolute Gasteiger partial charge is 0.262 e. The monoisotopic (exact) mass is 361 g/mol. The Morgan fingerprint density at radius 2 is 1.85 bits per heavy atom. The number of hydrogen-bond acceptors (Lipinski definition) is 4. The van der Waals surface area contributed by atoms with Crippen molar-refractivity contribution in [3.63, 3.8) is 0 Å². The van der Waals surface area contributed by atoms with Crippen molar-refractivity contribution in [2.75, 3.05) is 30.4 Å². The second kappa shape index (κ2) is 7.38. The molecule has 0 bridgehead atoms. The summed E-state index contributed by atoms with van der Waals surface area (Å²) in [7, 11) is 1.49. The highest BCUT2D eigenvalue weighted by Gasteiger charge is 2.31. The number of halogens is 2. The minimum absolute atomic E-state index is 0.129. The van der Waals surface area contributed by atoms with Gasteiger partial charge in [0.1, 0.15) is 23.1 Å². The molecule has 1 unspecified atom stereocenters. The van der Waals surface area contributed by atoms with E-state index in [2.05, 4.69) is 10.6 Å². The molecular formula is C18H17F2N3O3. The van der Waals surface area contributed by atoms with Crippen molar-refractivity contribution >= 4 is 23.2 Å². The summed E-state index contributed by atoms with van der Waals surface area (Å²) >= 11 is 0. The molecule has 0 aliphatic carbocycles. The molecule has 0 fully saturated rings. The van der Waals surface area contributed by atoms with E-state index in [-0.39, 0.29) is 19.0 Å². The van der Waals surface area contributed by atoms with Crippen LogP contribution in [0.2, 0.25) is 0 Å². The Morgan fingerprint density at radius 1 is 1.15 bits per heavy atom. The van der Waals surface area contributed by atoms with Crippen LogP contribution in [0.1, 0.15) is 0 Å². The lowest BCUT2D eigenvalue weighted by Gasteiger charge is -2.35. The quantitative estimate of drug-likeness (QED) is 0.873. The fourth-order valence-electron chi connectivity index (χ4n) is 2.72. The molecule has 0 saturated carbocycles. The van der Waals surface area contributed by atoms with Crippen LogP contribution in [-0.2, 0) is 9.59 Å². The SMILES string of the molecule is CNC(=O)C1CN(CC(=O)Nc2c(F)cccc2F)c2ccccc2O1. The molecular weight excluding hydrogens is 344 g/mol. The number of likely N-dealkylation sites (N-methyl/N-ethyl adjacent to an activating group) is 1. The van der Waals surface area contributed by atoms with E-state index in [1.807, 2.05) is 0 Å². The van der Waals surface area contributed by atoms with Gasteiger partial charge in [-0.15, -0.1) is 0 Å². The molecule has 2 aromatic carbocycles. The molecule has 0 saturated heterocycles. The maximum Gasteiger partial charge on any atom is 0.262 e. The van der Waals surface area contributed by atoms with Crippen molar-refractivity contribution in [1.29, 1.82) is 0 Å². The third kappa shape index (κ3) is 3.58. The highest BCUT2D eigenvalue weighted by molar-refractivity contribution is 5.95. The molecule has 2 amide bonds. The summed E-state index contributed by atoms with van der Waals surface area (Å²) in [6.45, 7) is -0.0640. The van der Waals surface area contributed by atoms with Gasteiger partial charge in [0, 0.05) is 7.05 Å². The van der Waals surface area contributed by atoms with E-state index in [4.69, 9.17) is 4.74 Å². The van der Waals surface area contributed by atoms with E-state index in [1.165, 1.54) is 13.1 Å². The maximum atomic E-state index is 13.7. The van der Waals surface area contributed by atoms with E-state index >= 15 is 0 Å². The first-order valence-corrected chi connectivity index (χ1v) is 7.95. The van der Waals surface area contributed by atoms with E-state index < -0.39 is 29.3 Å². The predicted octanol–water partition coefficient (Wildman–Crippen LogP) is 1.92. The molecule has 136 valence electrons. The van der Waals surface area contributed by atoms with Gasteiger partial charge in [0.15, 0.2) is 6.10 Å². The molecule has 8 heteroatoms. The predicted molar refractivity (Wildman–Crippen MR) is 92.1 cm³/mol. The first kappa shape index (κ1) is 17.7. The second-order valence-electron chi connectivity index (χ2n) is 5.71. The summed E-state index contributed by atoms with van der Waals surface area (Å²) in [5, 5.41) is 4.75. The van der Waals surface area contributed by atoms with Crippen LogP contribution >= 0.6 is 0 Å². The fourth-order valence-corrected chi connectivity index (χ4v) is 2.72. The van der Waals surface area contributed by atoms with Crippen molar-refractivity contribution in [3.05, 3.63) is 54.1 Å². The minimum atomic E-state index is -0.857. The van der Waals surface area contributed by atoms with Crippen LogP contribution in [0.15, 0.2) is 42.5 Å². The van der Waals surface area contributed by atoms with Gasteiger partial charge in [-0.3, -0.25) is 9.59 Å². The average molecular weight is 361 g/mol.